The third kappa shape index (κ3) is 3.16. The number of fused-ring (bicyclic) bond motifs is 3. The molecule has 38 heavy (non-hydrogen) atoms. The number of para-hydroxylation sites is 1. The molecule has 2 aliphatic carbocycles. The number of nitrogens with one attached hydrogen (secondary N) is 1. The monoisotopic (exact) mass is 503 g/mol. The van der Waals surface area contributed by atoms with Crippen LogP contribution in [0.4, 0.5) is 5.69 Å². The highest BCUT2D eigenvalue weighted by Crippen LogP contribution is 2.39. The zero-order valence-corrected chi connectivity index (χ0v) is 20.2. The average molecular weight is 504 g/mol. The second-order valence-corrected chi connectivity index (χ2v) is 10.1. The summed E-state index contributed by atoms with van der Waals surface area (Å²) in [5.74, 6) is -3.16. The van der Waals surface area contributed by atoms with E-state index in [1.807, 2.05) is 18.2 Å². The number of imide groups is 1. The Labute approximate surface area is 216 Å². The van der Waals surface area contributed by atoms with Crippen LogP contribution in [0.1, 0.15) is 90.3 Å². The van der Waals surface area contributed by atoms with Gasteiger partial charge in [0.1, 0.15) is 11.7 Å². The molecular formula is C30H21N3O5. The lowest BCUT2D eigenvalue weighted by molar-refractivity contribution is 0.0882. The smallest absolute Gasteiger partial charge is 0.266 e. The quantitative estimate of drug-likeness (QED) is 0.324. The molecule has 1 aromatic heterocycles. The average Bonchev–Trinajstić information content (AvgIpc) is 3.61. The van der Waals surface area contributed by atoms with Crippen LogP contribution < -0.4 is 10.5 Å². The van der Waals surface area contributed by atoms with E-state index >= 15 is 0 Å². The van der Waals surface area contributed by atoms with E-state index in [2.05, 4.69) is 9.97 Å². The third-order valence-corrected chi connectivity index (χ3v) is 7.94. The van der Waals surface area contributed by atoms with Crippen molar-refractivity contribution in [2.24, 2.45) is 0 Å². The molecule has 0 saturated heterocycles. The van der Waals surface area contributed by atoms with Gasteiger partial charge in [0.2, 0.25) is 0 Å². The third-order valence-electron chi connectivity index (χ3n) is 7.94. The number of aromatic nitrogens is 2. The topological polar surface area (TPSA) is 117 Å². The Balaban J connectivity index is 1.26. The molecule has 0 atom stereocenters. The van der Waals surface area contributed by atoms with Gasteiger partial charge in [0, 0.05) is 11.1 Å². The number of anilines is 1. The van der Waals surface area contributed by atoms with Crippen LogP contribution in [0.3, 0.4) is 0 Å². The van der Waals surface area contributed by atoms with E-state index in [9.17, 15) is 24.0 Å². The highest BCUT2D eigenvalue weighted by molar-refractivity contribution is 6.37. The number of H-pyrrole nitrogens is 1. The molecule has 0 radical (unpaired) electrons. The van der Waals surface area contributed by atoms with Crippen molar-refractivity contribution in [2.45, 2.75) is 37.5 Å². The zero-order valence-electron chi connectivity index (χ0n) is 20.2. The summed E-state index contributed by atoms with van der Waals surface area (Å²) in [6, 6.07) is 16.8. The van der Waals surface area contributed by atoms with Crippen molar-refractivity contribution in [2.75, 3.05) is 4.90 Å². The number of Topliss-reactive ketones (excluding diaryl/α,β-unsaturated/α-hetero) is 2. The Morgan fingerprint density at radius 1 is 0.737 bits per heavy atom. The Bertz CT molecular complexity index is 1740. The molecular weight excluding hydrogens is 482 g/mol. The van der Waals surface area contributed by atoms with Crippen molar-refractivity contribution in [1.29, 1.82) is 0 Å². The number of benzene rings is 3. The summed E-state index contributed by atoms with van der Waals surface area (Å²) in [4.78, 5) is 74.2. The molecule has 186 valence electrons. The number of amides is 2. The molecule has 1 saturated carbocycles. The molecule has 0 bridgehead atoms. The van der Waals surface area contributed by atoms with Gasteiger partial charge in [0.05, 0.1) is 27.7 Å². The number of nitrogens with zero attached hydrogens (tertiary/aromatic N) is 2. The molecule has 0 unspecified atom stereocenters. The van der Waals surface area contributed by atoms with Crippen molar-refractivity contribution in [3.05, 3.63) is 105 Å². The second kappa shape index (κ2) is 8.14. The summed E-state index contributed by atoms with van der Waals surface area (Å²) in [7, 11) is 0. The van der Waals surface area contributed by atoms with Gasteiger partial charge in [-0.05, 0) is 60.7 Å². The predicted octanol–water partition coefficient (Wildman–Crippen LogP) is 4.54. The fraction of sp³-hybridized carbons (Fsp3) is 0.200. The summed E-state index contributed by atoms with van der Waals surface area (Å²) in [5, 5.41) is 0.346. The summed E-state index contributed by atoms with van der Waals surface area (Å²) < 4.78 is 0. The minimum Gasteiger partial charge on any atom is -0.309 e. The van der Waals surface area contributed by atoms with Crippen LogP contribution >= 0.6 is 0 Å². The molecule has 1 aliphatic heterocycles. The van der Waals surface area contributed by atoms with Crippen LogP contribution in [-0.2, 0) is 0 Å². The number of hydrogen-bond acceptors (Lipinski definition) is 6. The van der Waals surface area contributed by atoms with Crippen LogP contribution in [0.2, 0.25) is 0 Å². The van der Waals surface area contributed by atoms with Crippen molar-refractivity contribution in [3.8, 4) is 0 Å². The molecule has 3 aliphatic rings. The summed E-state index contributed by atoms with van der Waals surface area (Å²) in [5.41, 5.74) is 1.77. The Kier molecular flexibility index (Phi) is 4.82. The Morgan fingerprint density at radius 3 is 2.08 bits per heavy atom. The fourth-order valence-electron chi connectivity index (χ4n) is 6.03. The van der Waals surface area contributed by atoms with E-state index in [1.54, 1.807) is 30.3 Å². The van der Waals surface area contributed by atoms with Gasteiger partial charge in [-0.3, -0.25) is 24.0 Å². The van der Waals surface area contributed by atoms with E-state index < -0.39 is 34.9 Å². The minimum atomic E-state index is -1.34. The lowest BCUT2D eigenvalue weighted by Gasteiger charge is -2.17. The molecule has 8 heteroatoms. The van der Waals surface area contributed by atoms with Gasteiger partial charge < -0.3 is 4.98 Å². The van der Waals surface area contributed by atoms with E-state index in [4.69, 9.17) is 0 Å². The van der Waals surface area contributed by atoms with Crippen LogP contribution in [0.15, 0.2) is 65.5 Å². The number of carbonyl (C=O) groups is 4. The van der Waals surface area contributed by atoms with Crippen molar-refractivity contribution >= 4 is 40.0 Å². The second-order valence-electron chi connectivity index (χ2n) is 10.1. The number of rotatable bonds is 3. The van der Waals surface area contributed by atoms with Gasteiger partial charge in [0.15, 0.2) is 11.6 Å². The van der Waals surface area contributed by atoms with Crippen LogP contribution in [0.25, 0.3) is 10.9 Å². The first kappa shape index (κ1) is 22.5. The molecule has 4 aromatic rings. The summed E-state index contributed by atoms with van der Waals surface area (Å²) in [6.07, 6.45) is 4.50. The first-order valence-electron chi connectivity index (χ1n) is 12.7. The number of hydrogen-bond donors (Lipinski definition) is 1. The highest BCUT2D eigenvalue weighted by atomic mass is 16.2. The lowest BCUT2D eigenvalue weighted by atomic mass is 9.97. The van der Waals surface area contributed by atoms with Gasteiger partial charge in [-0.15, -0.1) is 0 Å². The standard InChI is InChI=1S/C30H21N3O5/c34-25-19-13-21-22(30(38)33(29(21)37)17-9-5-8-16(12-17)15-6-1-2-7-15)14-20(19)26(35)24(25)27-31-23-11-4-3-10-18(23)28(36)32-27/h3-5,8-15,24H,1-2,6-7H2,(H,31,32,36). The largest absolute Gasteiger partial charge is 0.309 e. The van der Waals surface area contributed by atoms with E-state index in [-0.39, 0.29) is 28.1 Å². The maximum atomic E-state index is 13.4. The fourth-order valence-corrected chi connectivity index (χ4v) is 6.03. The molecule has 2 amide bonds. The molecule has 8 nitrogen and oxygen atoms in total. The highest BCUT2D eigenvalue weighted by Gasteiger charge is 2.46. The van der Waals surface area contributed by atoms with Crippen LogP contribution in [0.5, 0.6) is 0 Å². The van der Waals surface area contributed by atoms with Crippen LogP contribution in [0, 0.1) is 0 Å². The lowest BCUT2D eigenvalue weighted by Crippen LogP contribution is -2.29. The Morgan fingerprint density at radius 2 is 1.39 bits per heavy atom. The normalized spacial score (nSPS) is 17.6. The van der Waals surface area contributed by atoms with Crippen molar-refractivity contribution in [3.63, 3.8) is 0 Å². The van der Waals surface area contributed by atoms with E-state index in [0.717, 1.165) is 23.3 Å². The minimum absolute atomic E-state index is 0.0527. The molecule has 7 rings (SSSR count). The van der Waals surface area contributed by atoms with Crippen LogP contribution in [-0.4, -0.2) is 33.3 Å². The van der Waals surface area contributed by atoms with Crippen molar-refractivity contribution < 1.29 is 19.2 Å². The number of ketones is 2. The SMILES string of the molecule is O=C1c2cc3c(cc2C(=O)C1c1nc2ccccc2c(=O)[nH]1)C(=O)N(c1cccc(C2CCCC2)c1)C3=O. The maximum Gasteiger partial charge on any atom is 0.266 e. The van der Waals surface area contributed by atoms with Gasteiger partial charge in [0.25, 0.3) is 17.4 Å². The molecule has 1 fully saturated rings. The van der Waals surface area contributed by atoms with Gasteiger partial charge in [-0.1, -0.05) is 37.1 Å². The van der Waals surface area contributed by atoms with E-state index in [0.29, 0.717) is 22.5 Å². The number of aromatic amines is 1. The molecule has 1 N–H and O–H groups in total. The zero-order chi connectivity index (χ0) is 26.1. The van der Waals surface area contributed by atoms with Gasteiger partial charge in [-0.2, -0.15) is 0 Å². The maximum absolute atomic E-state index is 13.4. The predicted molar refractivity (Wildman–Crippen MR) is 139 cm³/mol. The molecule has 2 heterocycles. The molecule has 0 spiro atoms. The number of carbonyl (C=O) groups excluding carboxylic acids is 4. The first-order chi connectivity index (χ1) is 18.4. The summed E-state index contributed by atoms with van der Waals surface area (Å²) in [6.45, 7) is 0. The summed E-state index contributed by atoms with van der Waals surface area (Å²) >= 11 is 0. The van der Waals surface area contributed by atoms with E-state index in [1.165, 1.54) is 25.0 Å². The van der Waals surface area contributed by atoms with Crippen molar-refractivity contribution in [1.82, 2.24) is 9.97 Å². The first-order valence-corrected chi connectivity index (χ1v) is 12.7. The van der Waals surface area contributed by atoms with Gasteiger partial charge >= 0.3 is 0 Å². The van der Waals surface area contributed by atoms with Gasteiger partial charge in [-0.25, -0.2) is 9.88 Å². The molecule has 3 aromatic carbocycles. The Hall–Kier alpha value is -4.72.